The summed E-state index contributed by atoms with van der Waals surface area (Å²) >= 11 is 0. The smallest absolute Gasteiger partial charge is 0.0897 e. The molecule has 0 fully saturated rings. The molecule has 0 aromatic heterocycles. The highest BCUT2D eigenvalue weighted by Crippen LogP contribution is 2.12. The summed E-state index contributed by atoms with van der Waals surface area (Å²) in [6.45, 7) is 5.52. The van der Waals surface area contributed by atoms with Gasteiger partial charge >= 0.3 is 0 Å². The van der Waals surface area contributed by atoms with Crippen LogP contribution in [0, 0.1) is 0 Å². The van der Waals surface area contributed by atoms with Crippen molar-refractivity contribution in [3.63, 3.8) is 0 Å². The highest BCUT2D eigenvalue weighted by molar-refractivity contribution is 5.15. The summed E-state index contributed by atoms with van der Waals surface area (Å²) in [5, 5.41) is 0. The molecule has 18 heavy (non-hydrogen) atoms. The first-order valence-electron chi connectivity index (χ1n) is 7.09. The molecule has 1 aliphatic rings. The van der Waals surface area contributed by atoms with Crippen LogP contribution in [-0.4, -0.2) is 23.0 Å². The normalized spacial score (nSPS) is 14.5. The monoisotopic (exact) mass is 244 g/mol. The van der Waals surface area contributed by atoms with Gasteiger partial charge in [0.05, 0.1) is 6.67 Å². The third kappa shape index (κ3) is 4.10. The van der Waals surface area contributed by atoms with Crippen molar-refractivity contribution in [2.24, 2.45) is 0 Å². The van der Waals surface area contributed by atoms with Crippen molar-refractivity contribution in [1.82, 2.24) is 9.80 Å². The molecule has 1 aromatic carbocycles. The molecule has 0 N–H and O–H groups in total. The third-order valence-electron chi connectivity index (χ3n) is 3.38. The summed E-state index contributed by atoms with van der Waals surface area (Å²) in [7, 11) is 0. The van der Waals surface area contributed by atoms with Gasteiger partial charge in [-0.25, -0.2) is 0 Å². The molecule has 2 heteroatoms. The molecule has 0 amide bonds. The fraction of sp³-hybridized carbons (Fsp3) is 0.500. The predicted octanol–water partition coefficient (Wildman–Crippen LogP) is 3.81. The van der Waals surface area contributed by atoms with Gasteiger partial charge in [-0.1, -0.05) is 56.5 Å². The van der Waals surface area contributed by atoms with Gasteiger partial charge in [0.2, 0.25) is 0 Å². The zero-order chi connectivity index (χ0) is 12.6. The molecule has 0 saturated carbocycles. The number of rotatable bonds is 7. The van der Waals surface area contributed by atoms with Crippen LogP contribution in [0.2, 0.25) is 0 Å². The summed E-state index contributed by atoms with van der Waals surface area (Å²) in [6, 6.07) is 10.7. The molecule has 0 spiro atoms. The Bertz CT molecular complexity index is 359. The van der Waals surface area contributed by atoms with Gasteiger partial charge in [-0.05, 0) is 12.0 Å². The first-order valence-corrected chi connectivity index (χ1v) is 7.09. The van der Waals surface area contributed by atoms with E-state index in [2.05, 4.69) is 59.5 Å². The van der Waals surface area contributed by atoms with E-state index < -0.39 is 0 Å². The van der Waals surface area contributed by atoms with Gasteiger partial charge in [-0.2, -0.15) is 0 Å². The molecule has 0 aliphatic carbocycles. The van der Waals surface area contributed by atoms with E-state index >= 15 is 0 Å². The highest BCUT2D eigenvalue weighted by atomic mass is 15.3. The Hall–Kier alpha value is -1.44. The highest BCUT2D eigenvalue weighted by Gasteiger charge is 2.11. The maximum absolute atomic E-state index is 2.42. The average Bonchev–Trinajstić information content (AvgIpc) is 2.84. The van der Waals surface area contributed by atoms with Crippen molar-refractivity contribution in [2.45, 2.75) is 39.2 Å². The van der Waals surface area contributed by atoms with Crippen molar-refractivity contribution in [3.05, 3.63) is 48.3 Å². The standard InChI is InChI=1S/C16H24N2/c1-2-3-4-8-11-17-12-13-18(15-17)14-16-9-6-5-7-10-16/h5-7,9-10,12-13H,2-4,8,11,14-15H2,1H3. The van der Waals surface area contributed by atoms with Gasteiger partial charge in [0.15, 0.2) is 0 Å². The molecule has 0 unspecified atom stereocenters. The van der Waals surface area contributed by atoms with Crippen LogP contribution in [0.4, 0.5) is 0 Å². The summed E-state index contributed by atoms with van der Waals surface area (Å²) in [4.78, 5) is 4.79. The fourth-order valence-electron chi connectivity index (χ4n) is 2.32. The summed E-state index contributed by atoms with van der Waals surface area (Å²) in [6.07, 6.45) is 9.81. The lowest BCUT2D eigenvalue weighted by molar-refractivity contribution is 0.256. The van der Waals surface area contributed by atoms with Crippen molar-refractivity contribution in [2.75, 3.05) is 13.2 Å². The molecule has 0 bridgehead atoms. The maximum atomic E-state index is 2.42. The molecule has 2 rings (SSSR count). The van der Waals surface area contributed by atoms with E-state index in [1.165, 1.54) is 37.8 Å². The molecule has 0 radical (unpaired) electrons. The molecule has 0 saturated heterocycles. The van der Waals surface area contributed by atoms with E-state index in [1.54, 1.807) is 0 Å². The second kappa shape index (κ2) is 7.10. The van der Waals surface area contributed by atoms with Crippen LogP contribution in [0.15, 0.2) is 42.7 Å². The second-order valence-corrected chi connectivity index (χ2v) is 5.05. The zero-order valence-electron chi connectivity index (χ0n) is 11.4. The van der Waals surface area contributed by atoms with Crippen LogP contribution in [-0.2, 0) is 6.54 Å². The predicted molar refractivity (Wildman–Crippen MR) is 76.8 cm³/mol. The molecule has 2 nitrogen and oxygen atoms in total. The zero-order valence-corrected chi connectivity index (χ0v) is 11.4. The van der Waals surface area contributed by atoms with Crippen molar-refractivity contribution < 1.29 is 0 Å². The molecule has 1 heterocycles. The minimum absolute atomic E-state index is 1.02. The lowest BCUT2D eigenvalue weighted by atomic mass is 10.2. The van der Waals surface area contributed by atoms with E-state index in [9.17, 15) is 0 Å². The molecule has 1 aliphatic heterocycles. The topological polar surface area (TPSA) is 6.48 Å². The molecule has 98 valence electrons. The minimum atomic E-state index is 1.02. The van der Waals surface area contributed by atoms with Gasteiger partial charge in [-0.3, -0.25) is 0 Å². The largest absolute Gasteiger partial charge is 0.359 e. The van der Waals surface area contributed by atoms with E-state index in [0.717, 1.165) is 13.2 Å². The Kier molecular flexibility index (Phi) is 5.13. The summed E-state index contributed by atoms with van der Waals surface area (Å²) < 4.78 is 0. The van der Waals surface area contributed by atoms with Gasteiger partial charge in [-0.15, -0.1) is 0 Å². The molecular formula is C16H24N2. The quantitative estimate of drug-likeness (QED) is 0.673. The van der Waals surface area contributed by atoms with Crippen molar-refractivity contribution in [3.8, 4) is 0 Å². The lowest BCUT2D eigenvalue weighted by Crippen LogP contribution is -2.25. The van der Waals surface area contributed by atoms with Gasteiger partial charge in [0, 0.05) is 25.5 Å². The Morgan fingerprint density at radius 3 is 2.50 bits per heavy atom. The second-order valence-electron chi connectivity index (χ2n) is 5.05. The van der Waals surface area contributed by atoms with Crippen LogP contribution in [0.1, 0.15) is 38.2 Å². The Balaban J connectivity index is 1.68. The Morgan fingerprint density at radius 2 is 1.72 bits per heavy atom. The van der Waals surface area contributed by atoms with E-state index in [0.29, 0.717) is 0 Å². The van der Waals surface area contributed by atoms with Crippen LogP contribution >= 0.6 is 0 Å². The number of hydrogen-bond donors (Lipinski definition) is 0. The van der Waals surface area contributed by atoms with Crippen molar-refractivity contribution in [1.29, 1.82) is 0 Å². The van der Waals surface area contributed by atoms with Crippen LogP contribution in [0.5, 0.6) is 0 Å². The first kappa shape index (κ1) is 13.0. The summed E-state index contributed by atoms with van der Waals surface area (Å²) in [5.41, 5.74) is 1.38. The number of benzene rings is 1. The lowest BCUT2D eigenvalue weighted by Gasteiger charge is -2.21. The summed E-state index contributed by atoms with van der Waals surface area (Å²) in [5.74, 6) is 0. The van der Waals surface area contributed by atoms with E-state index in [-0.39, 0.29) is 0 Å². The van der Waals surface area contributed by atoms with Gasteiger partial charge in [0.25, 0.3) is 0 Å². The fourth-order valence-corrected chi connectivity index (χ4v) is 2.32. The Morgan fingerprint density at radius 1 is 0.944 bits per heavy atom. The van der Waals surface area contributed by atoms with Crippen LogP contribution in [0.3, 0.4) is 0 Å². The van der Waals surface area contributed by atoms with Gasteiger partial charge < -0.3 is 9.80 Å². The number of hydrogen-bond acceptors (Lipinski definition) is 2. The third-order valence-corrected chi connectivity index (χ3v) is 3.38. The average molecular weight is 244 g/mol. The van der Waals surface area contributed by atoms with E-state index in [1.807, 2.05) is 0 Å². The van der Waals surface area contributed by atoms with Gasteiger partial charge in [0.1, 0.15) is 0 Å². The van der Waals surface area contributed by atoms with Crippen LogP contribution in [0.25, 0.3) is 0 Å². The Labute approximate surface area is 111 Å². The van der Waals surface area contributed by atoms with Crippen molar-refractivity contribution >= 4 is 0 Å². The minimum Gasteiger partial charge on any atom is -0.359 e. The SMILES string of the molecule is CCCCCCN1C=CN(Cc2ccccc2)C1. The van der Waals surface area contributed by atoms with E-state index in [4.69, 9.17) is 0 Å². The molecule has 0 atom stereocenters. The number of unbranched alkanes of at least 4 members (excludes halogenated alkanes) is 3. The number of nitrogens with zero attached hydrogens (tertiary/aromatic N) is 2. The maximum Gasteiger partial charge on any atom is 0.0897 e. The molecule has 1 aromatic rings. The van der Waals surface area contributed by atoms with Crippen LogP contribution < -0.4 is 0 Å². The molecular weight excluding hydrogens is 220 g/mol. The first-order chi connectivity index (χ1) is 8.88.